The van der Waals surface area contributed by atoms with Gasteiger partial charge in [-0.25, -0.2) is 4.98 Å². The highest BCUT2D eigenvalue weighted by molar-refractivity contribution is 9.10. The summed E-state index contributed by atoms with van der Waals surface area (Å²) >= 11 is 3.20. The van der Waals surface area contributed by atoms with E-state index in [9.17, 15) is 4.21 Å². The number of hydrogen-bond acceptors (Lipinski definition) is 4. The molecule has 0 saturated heterocycles. The predicted octanol–water partition coefficient (Wildman–Crippen LogP) is 1.34. The molecule has 2 atom stereocenters. The van der Waals surface area contributed by atoms with E-state index in [1.165, 1.54) is 0 Å². The van der Waals surface area contributed by atoms with Gasteiger partial charge in [-0.15, -0.1) is 0 Å². The van der Waals surface area contributed by atoms with Crippen molar-refractivity contribution in [3.8, 4) is 5.75 Å². The molecule has 1 rings (SSSR count). The van der Waals surface area contributed by atoms with Crippen LogP contribution in [0, 0.1) is 0 Å². The quantitative estimate of drug-likeness (QED) is 0.851. The number of rotatable bonds is 4. The molecular formula is C9H12BrNO3S. The molecule has 0 saturated carbocycles. The SMILES string of the molecule is CC(O)COc1cc(Br)nc(S(C)=O)c1. The Labute approximate surface area is 99.3 Å². The first kappa shape index (κ1) is 12.6. The van der Waals surface area contributed by atoms with Crippen molar-refractivity contribution in [2.75, 3.05) is 12.9 Å². The fourth-order valence-corrected chi connectivity index (χ4v) is 1.94. The summed E-state index contributed by atoms with van der Waals surface area (Å²) in [4.78, 5) is 4.03. The number of hydrogen-bond donors (Lipinski definition) is 1. The molecule has 0 aliphatic rings. The van der Waals surface area contributed by atoms with Gasteiger partial charge in [-0.1, -0.05) is 0 Å². The predicted molar refractivity (Wildman–Crippen MR) is 61.4 cm³/mol. The molecule has 0 radical (unpaired) electrons. The van der Waals surface area contributed by atoms with Crippen LogP contribution >= 0.6 is 15.9 Å². The molecule has 1 N–H and O–H groups in total. The standard InChI is InChI=1S/C9H12BrNO3S/c1-6(12)5-14-7-3-8(10)11-9(4-7)15(2)13/h3-4,6,12H,5H2,1-2H3. The first-order valence-electron chi connectivity index (χ1n) is 4.31. The Kier molecular flexibility index (Phi) is 4.69. The molecule has 4 nitrogen and oxygen atoms in total. The molecule has 84 valence electrons. The Bertz CT molecular complexity index is 370. The first-order valence-corrected chi connectivity index (χ1v) is 6.66. The maximum atomic E-state index is 11.2. The second-order valence-corrected chi connectivity index (χ2v) is 5.22. The van der Waals surface area contributed by atoms with Crippen LogP contribution in [-0.2, 0) is 10.8 Å². The van der Waals surface area contributed by atoms with E-state index in [-0.39, 0.29) is 6.61 Å². The van der Waals surface area contributed by atoms with E-state index in [2.05, 4.69) is 20.9 Å². The van der Waals surface area contributed by atoms with Crippen LogP contribution in [0.15, 0.2) is 21.8 Å². The van der Waals surface area contributed by atoms with Crippen molar-refractivity contribution < 1.29 is 14.1 Å². The summed E-state index contributed by atoms with van der Waals surface area (Å²) in [5.41, 5.74) is 0. The van der Waals surface area contributed by atoms with Gasteiger partial charge in [0.15, 0.2) is 0 Å². The average Bonchev–Trinajstić information content (AvgIpc) is 2.13. The van der Waals surface area contributed by atoms with Gasteiger partial charge in [0.1, 0.15) is 22.0 Å². The molecule has 0 fully saturated rings. The van der Waals surface area contributed by atoms with Crippen LogP contribution in [0.1, 0.15) is 6.92 Å². The molecule has 0 aliphatic heterocycles. The van der Waals surface area contributed by atoms with Gasteiger partial charge in [-0.05, 0) is 22.9 Å². The Hall–Kier alpha value is -0.460. The summed E-state index contributed by atoms with van der Waals surface area (Å²) in [6.07, 6.45) is 1.01. The largest absolute Gasteiger partial charge is 0.491 e. The minimum atomic E-state index is -1.15. The van der Waals surface area contributed by atoms with Crippen LogP contribution in [-0.4, -0.2) is 33.3 Å². The Balaban J connectivity index is 2.84. The molecule has 6 heteroatoms. The van der Waals surface area contributed by atoms with Gasteiger partial charge in [0.2, 0.25) is 0 Å². The zero-order valence-electron chi connectivity index (χ0n) is 8.44. The molecule has 1 aromatic rings. The highest BCUT2D eigenvalue weighted by atomic mass is 79.9. The van der Waals surface area contributed by atoms with Crippen LogP contribution < -0.4 is 4.74 Å². The monoisotopic (exact) mass is 293 g/mol. The fourth-order valence-electron chi connectivity index (χ4n) is 0.898. The summed E-state index contributed by atoms with van der Waals surface area (Å²) < 4.78 is 17.1. The normalized spacial score (nSPS) is 14.7. The van der Waals surface area contributed by atoms with Crippen molar-refractivity contribution in [2.24, 2.45) is 0 Å². The lowest BCUT2D eigenvalue weighted by Crippen LogP contribution is -2.13. The van der Waals surface area contributed by atoms with Crippen molar-refractivity contribution in [1.82, 2.24) is 4.98 Å². The minimum Gasteiger partial charge on any atom is -0.491 e. The topological polar surface area (TPSA) is 59.4 Å². The fraction of sp³-hybridized carbons (Fsp3) is 0.444. The van der Waals surface area contributed by atoms with Crippen molar-refractivity contribution in [3.63, 3.8) is 0 Å². The maximum absolute atomic E-state index is 11.2. The zero-order chi connectivity index (χ0) is 11.4. The molecule has 1 heterocycles. The summed E-state index contributed by atoms with van der Waals surface area (Å²) in [6.45, 7) is 1.83. The van der Waals surface area contributed by atoms with E-state index in [0.717, 1.165) is 0 Å². The van der Waals surface area contributed by atoms with Gasteiger partial charge in [-0.2, -0.15) is 0 Å². The van der Waals surface area contributed by atoms with E-state index in [1.54, 1.807) is 25.3 Å². The van der Waals surface area contributed by atoms with Gasteiger partial charge >= 0.3 is 0 Å². The van der Waals surface area contributed by atoms with E-state index in [0.29, 0.717) is 15.4 Å². The smallest absolute Gasteiger partial charge is 0.131 e. The minimum absolute atomic E-state index is 0.201. The van der Waals surface area contributed by atoms with Gasteiger partial charge in [0, 0.05) is 18.4 Å². The number of aliphatic hydroxyl groups excluding tert-OH is 1. The Morgan fingerprint density at radius 3 is 2.87 bits per heavy atom. The molecule has 0 bridgehead atoms. The van der Waals surface area contributed by atoms with Gasteiger partial charge < -0.3 is 9.84 Å². The molecule has 0 spiro atoms. The van der Waals surface area contributed by atoms with Crippen molar-refractivity contribution in [1.29, 1.82) is 0 Å². The lowest BCUT2D eigenvalue weighted by atomic mass is 10.4. The van der Waals surface area contributed by atoms with Gasteiger partial charge in [0.05, 0.1) is 16.9 Å². The van der Waals surface area contributed by atoms with E-state index < -0.39 is 16.9 Å². The molecule has 0 amide bonds. The summed E-state index contributed by atoms with van der Waals surface area (Å²) in [6, 6.07) is 3.27. The highest BCUT2D eigenvalue weighted by Crippen LogP contribution is 2.19. The molecule has 2 unspecified atom stereocenters. The van der Waals surface area contributed by atoms with Crippen LogP contribution in [0.3, 0.4) is 0 Å². The number of pyridine rings is 1. The highest BCUT2D eigenvalue weighted by Gasteiger charge is 2.06. The number of nitrogens with zero attached hydrogens (tertiary/aromatic N) is 1. The summed E-state index contributed by atoms with van der Waals surface area (Å²) in [5.74, 6) is 0.544. The average molecular weight is 294 g/mol. The van der Waals surface area contributed by atoms with E-state index >= 15 is 0 Å². The third kappa shape index (κ3) is 4.27. The van der Waals surface area contributed by atoms with E-state index in [1.807, 2.05) is 0 Å². The van der Waals surface area contributed by atoms with Crippen LogP contribution in [0.5, 0.6) is 5.75 Å². The van der Waals surface area contributed by atoms with Gasteiger partial charge in [0.25, 0.3) is 0 Å². The zero-order valence-corrected chi connectivity index (χ0v) is 10.8. The van der Waals surface area contributed by atoms with Crippen molar-refractivity contribution >= 4 is 26.7 Å². The maximum Gasteiger partial charge on any atom is 0.131 e. The molecule has 15 heavy (non-hydrogen) atoms. The van der Waals surface area contributed by atoms with E-state index in [4.69, 9.17) is 9.84 Å². The van der Waals surface area contributed by atoms with Crippen molar-refractivity contribution in [2.45, 2.75) is 18.1 Å². The van der Waals surface area contributed by atoms with Crippen LogP contribution in [0.2, 0.25) is 0 Å². The lowest BCUT2D eigenvalue weighted by Gasteiger charge is -2.09. The number of halogens is 1. The molecule has 0 aliphatic carbocycles. The second-order valence-electron chi connectivity index (χ2n) is 3.08. The van der Waals surface area contributed by atoms with Crippen LogP contribution in [0.4, 0.5) is 0 Å². The third-order valence-electron chi connectivity index (χ3n) is 1.53. The third-order valence-corrected chi connectivity index (χ3v) is 2.73. The second kappa shape index (κ2) is 5.58. The summed E-state index contributed by atoms with van der Waals surface area (Å²) in [7, 11) is -1.15. The lowest BCUT2D eigenvalue weighted by molar-refractivity contribution is 0.122. The number of aromatic nitrogens is 1. The molecule has 1 aromatic heterocycles. The Morgan fingerprint density at radius 2 is 2.33 bits per heavy atom. The number of aliphatic hydroxyl groups is 1. The molecular weight excluding hydrogens is 282 g/mol. The van der Waals surface area contributed by atoms with Crippen molar-refractivity contribution in [3.05, 3.63) is 16.7 Å². The Morgan fingerprint density at radius 1 is 1.67 bits per heavy atom. The first-order chi connectivity index (χ1) is 6.99. The van der Waals surface area contributed by atoms with Crippen LogP contribution in [0.25, 0.3) is 0 Å². The number of ether oxygens (including phenoxy) is 1. The summed E-state index contributed by atoms with van der Waals surface area (Å²) in [5, 5.41) is 9.50. The van der Waals surface area contributed by atoms with Gasteiger partial charge in [-0.3, -0.25) is 4.21 Å². The molecule has 0 aromatic carbocycles.